The van der Waals surface area contributed by atoms with Crippen LogP contribution in [-0.4, -0.2) is 26.2 Å². The second-order valence-electron chi connectivity index (χ2n) is 4.00. The molecule has 0 amide bonds. The highest BCUT2D eigenvalue weighted by atomic mass is 15.2. The molecular formula is C11H18N4. The Morgan fingerprint density at radius 1 is 1.20 bits per heavy atom. The van der Waals surface area contributed by atoms with Crippen LogP contribution in [0.5, 0.6) is 0 Å². The predicted molar refractivity (Wildman–Crippen MR) is 65.1 cm³/mol. The molecule has 2 rings (SSSR count). The Labute approximate surface area is 90.2 Å². The van der Waals surface area contributed by atoms with Gasteiger partial charge in [0.2, 0.25) is 0 Å². The summed E-state index contributed by atoms with van der Waals surface area (Å²) in [5.41, 5.74) is 15.3. The first-order valence-corrected chi connectivity index (χ1v) is 5.30. The van der Waals surface area contributed by atoms with Gasteiger partial charge in [-0.25, -0.2) is 0 Å². The standard InChI is InChI=1S/C11H18N4/c1-8-6-9(7-10(12)11(8)13)15-4-2-14-3-5-15/h6-7,14H,2-5,12-13H2,1H3. The zero-order valence-electron chi connectivity index (χ0n) is 9.09. The molecule has 1 aromatic carbocycles. The first-order chi connectivity index (χ1) is 7.18. The lowest BCUT2D eigenvalue weighted by Crippen LogP contribution is -2.43. The Morgan fingerprint density at radius 3 is 2.47 bits per heavy atom. The summed E-state index contributed by atoms with van der Waals surface area (Å²) in [6.07, 6.45) is 0. The van der Waals surface area contributed by atoms with Gasteiger partial charge in [0.25, 0.3) is 0 Å². The number of aryl methyl sites for hydroxylation is 1. The van der Waals surface area contributed by atoms with Gasteiger partial charge in [-0.3, -0.25) is 0 Å². The van der Waals surface area contributed by atoms with E-state index in [2.05, 4.69) is 16.3 Å². The monoisotopic (exact) mass is 206 g/mol. The topological polar surface area (TPSA) is 67.3 Å². The largest absolute Gasteiger partial charge is 0.397 e. The summed E-state index contributed by atoms with van der Waals surface area (Å²) < 4.78 is 0. The maximum Gasteiger partial charge on any atom is 0.0579 e. The van der Waals surface area contributed by atoms with Crippen LogP contribution in [0.25, 0.3) is 0 Å². The van der Waals surface area contributed by atoms with E-state index in [-0.39, 0.29) is 0 Å². The third kappa shape index (κ3) is 1.99. The van der Waals surface area contributed by atoms with E-state index in [1.807, 2.05) is 13.0 Å². The van der Waals surface area contributed by atoms with Gasteiger partial charge < -0.3 is 21.7 Å². The number of nitrogens with two attached hydrogens (primary N) is 2. The molecule has 1 heterocycles. The molecule has 0 unspecified atom stereocenters. The smallest absolute Gasteiger partial charge is 0.0579 e. The Hall–Kier alpha value is -1.42. The second kappa shape index (κ2) is 3.98. The molecule has 0 radical (unpaired) electrons. The number of hydrogen-bond donors (Lipinski definition) is 3. The van der Waals surface area contributed by atoms with E-state index in [0.29, 0.717) is 11.4 Å². The molecule has 82 valence electrons. The molecule has 1 aliphatic heterocycles. The van der Waals surface area contributed by atoms with Crippen LogP contribution in [0.4, 0.5) is 17.1 Å². The van der Waals surface area contributed by atoms with Crippen molar-refractivity contribution in [3.8, 4) is 0 Å². The summed E-state index contributed by atoms with van der Waals surface area (Å²) >= 11 is 0. The van der Waals surface area contributed by atoms with Gasteiger partial charge in [-0.2, -0.15) is 0 Å². The molecule has 1 aliphatic rings. The second-order valence-corrected chi connectivity index (χ2v) is 4.00. The highest BCUT2D eigenvalue weighted by Crippen LogP contribution is 2.27. The lowest BCUT2D eigenvalue weighted by molar-refractivity contribution is 0.589. The van der Waals surface area contributed by atoms with Gasteiger partial charge in [0.1, 0.15) is 0 Å². The van der Waals surface area contributed by atoms with Crippen LogP contribution in [-0.2, 0) is 0 Å². The summed E-state index contributed by atoms with van der Waals surface area (Å²) in [5.74, 6) is 0. The van der Waals surface area contributed by atoms with Gasteiger partial charge in [0, 0.05) is 31.9 Å². The fourth-order valence-electron chi connectivity index (χ4n) is 1.91. The summed E-state index contributed by atoms with van der Waals surface area (Å²) in [5, 5.41) is 3.33. The number of nitrogen functional groups attached to an aromatic ring is 2. The average molecular weight is 206 g/mol. The van der Waals surface area contributed by atoms with E-state index in [4.69, 9.17) is 11.5 Å². The normalized spacial score (nSPS) is 16.7. The third-order valence-electron chi connectivity index (χ3n) is 2.89. The number of hydrogen-bond acceptors (Lipinski definition) is 4. The first-order valence-electron chi connectivity index (χ1n) is 5.30. The molecule has 0 atom stereocenters. The fourth-order valence-corrected chi connectivity index (χ4v) is 1.91. The Kier molecular flexibility index (Phi) is 2.68. The fraction of sp³-hybridized carbons (Fsp3) is 0.455. The van der Waals surface area contributed by atoms with Gasteiger partial charge in [-0.1, -0.05) is 0 Å². The number of anilines is 3. The maximum atomic E-state index is 5.86. The Morgan fingerprint density at radius 2 is 1.87 bits per heavy atom. The van der Waals surface area contributed by atoms with Gasteiger partial charge in [-0.05, 0) is 24.6 Å². The van der Waals surface area contributed by atoms with Crippen molar-refractivity contribution in [3.63, 3.8) is 0 Å². The zero-order chi connectivity index (χ0) is 10.8. The van der Waals surface area contributed by atoms with Crippen molar-refractivity contribution in [1.82, 2.24) is 5.32 Å². The molecule has 0 aliphatic carbocycles. The van der Waals surface area contributed by atoms with E-state index in [9.17, 15) is 0 Å². The van der Waals surface area contributed by atoms with Gasteiger partial charge in [0.15, 0.2) is 0 Å². The van der Waals surface area contributed by atoms with E-state index < -0.39 is 0 Å². The number of benzene rings is 1. The van der Waals surface area contributed by atoms with Crippen molar-refractivity contribution in [2.24, 2.45) is 0 Å². The molecule has 1 fully saturated rings. The molecular weight excluding hydrogens is 188 g/mol. The SMILES string of the molecule is Cc1cc(N2CCNCC2)cc(N)c1N. The number of piperazine rings is 1. The van der Waals surface area contributed by atoms with Gasteiger partial charge in [-0.15, -0.1) is 0 Å². The molecule has 0 aromatic heterocycles. The van der Waals surface area contributed by atoms with Gasteiger partial charge >= 0.3 is 0 Å². The molecule has 4 nitrogen and oxygen atoms in total. The molecule has 1 aromatic rings. The lowest BCUT2D eigenvalue weighted by atomic mass is 10.1. The van der Waals surface area contributed by atoms with Crippen molar-refractivity contribution >= 4 is 17.1 Å². The molecule has 0 spiro atoms. The van der Waals surface area contributed by atoms with Crippen molar-refractivity contribution in [3.05, 3.63) is 17.7 Å². The van der Waals surface area contributed by atoms with Crippen LogP contribution < -0.4 is 21.7 Å². The molecule has 15 heavy (non-hydrogen) atoms. The van der Waals surface area contributed by atoms with Crippen LogP contribution in [0, 0.1) is 6.92 Å². The Balaban J connectivity index is 2.27. The number of rotatable bonds is 1. The first kappa shape index (κ1) is 10.1. The minimum absolute atomic E-state index is 0.684. The minimum Gasteiger partial charge on any atom is -0.397 e. The van der Waals surface area contributed by atoms with Crippen molar-refractivity contribution in [2.75, 3.05) is 42.5 Å². The minimum atomic E-state index is 0.684. The molecule has 0 bridgehead atoms. The van der Waals surface area contributed by atoms with E-state index >= 15 is 0 Å². The van der Waals surface area contributed by atoms with Crippen molar-refractivity contribution in [2.45, 2.75) is 6.92 Å². The summed E-state index contributed by atoms with van der Waals surface area (Å²) in [6.45, 7) is 6.12. The third-order valence-corrected chi connectivity index (χ3v) is 2.89. The summed E-state index contributed by atoms with van der Waals surface area (Å²) in [4.78, 5) is 2.33. The molecule has 5 N–H and O–H groups in total. The predicted octanol–water partition coefficient (Wildman–Crippen LogP) is 0.569. The molecule has 4 heteroatoms. The van der Waals surface area contributed by atoms with Crippen LogP contribution in [0.2, 0.25) is 0 Å². The molecule has 1 saturated heterocycles. The quantitative estimate of drug-likeness (QED) is 0.588. The molecule has 0 saturated carbocycles. The van der Waals surface area contributed by atoms with Gasteiger partial charge in [0.05, 0.1) is 11.4 Å². The van der Waals surface area contributed by atoms with Crippen LogP contribution in [0.1, 0.15) is 5.56 Å². The van der Waals surface area contributed by atoms with E-state index in [0.717, 1.165) is 31.7 Å². The Bertz CT molecular complexity index is 333. The van der Waals surface area contributed by atoms with E-state index in [1.54, 1.807) is 0 Å². The number of nitrogens with zero attached hydrogens (tertiary/aromatic N) is 1. The van der Waals surface area contributed by atoms with Crippen LogP contribution in [0.3, 0.4) is 0 Å². The highest BCUT2D eigenvalue weighted by molar-refractivity contribution is 5.73. The van der Waals surface area contributed by atoms with Crippen LogP contribution in [0.15, 0.2) is 12.1 Å². The number of nitrogens with one attached hydrogen (secondary N) is 1. The van der Waals surface area contributed by atoms with E-state index in [1.165, 1.54) is 5.69 Å². The summed E-state index contributed by atoms with van der Waals surface area (Å²) in [6, 6.07) is 4.07. The maximum absolute atomic E-state index is 5.86. The summed E-state index contributed by atoms with van der Waals surface area (Å²) in [7, 11) is 0. The van der Waals surface area contributed by atoms with Crippen LogP contribution >= 0.6 is 0 Å². The van der Waals surface area contributed by atoms with Crippen molar-refractivity contribution < 1.29 is 0 Å². The highest BCUT2D eigenvalue weighted by Gasteiger charge is 2.12. The lowest BCUT2D eigenvalue weighted by Gasteiger charge is -2.30. The van der Waals surface area contributed by atoms with Crippen molar-refractivity contribution in [1.29, 1.82) is 0 Å². The average Bonchev–Trinajstić information content (AvgIpc) is 2.26. The zero-order valence-corrected chi connectivity index (χ0v) is 9.09.